The molecule has 1 aliphatic rings. The van der Waals surface area contributed by atoms with Crippen molar-refractivity contribution in [3.63, 3.8) is 0 Å². The molecule has 0 spiro atoms. The van der Waals surface area contributed by atoms with E-state index < -0.39 is 42.1 Å². The lowest BCUT2D eigenvalue weighted by atomic mass is 9.96. The van der Waals surface area contributed by atoms with Crippen LogP contribution in [-0.2, 0) is 43.3 Å². The van der Waals surface area contributed by atoms with Gasteiger partial charge in [0.05, 0.1) is 43.0 Å². The number of amides is 4. The van der Waals surface area contributed by atoms with E-state index in [1.807, 2.05) is 86.6 Å². The molecule has 1 saturated heterocycles. The Morgan fingerprint density at radius 1 is 0.891 bits per heavy atom. The molecule has 2 unspecified atom stereocenters. The zero-order chi connectivity index (χ0) is 39.0. The third-order valence-electron chi connectivity index (χ3n) is 9.42. The summed E-state index contributed by atoms with van der Waals surface area (Å²) in [5.41, 5.74) is 3.84. The van der Waals surface area contributed by atoms with Gasteiger partial charge < -0.3 is 35.8 Å². The Kier molecular flexibility index (Phi) is 16.0. The van der Waals surface area contributed by atoms with E-state index in [0.717, 1.165) is 35.0 Å². The minimum absolute atomic E-state index is 0.00952. The number of morpholine rings is 1. The van der Waals surface area contributed by atoms with Gasteiger partial charge in [-0.3, -0.25) is 19.3 Å². The molecule has 4 aromatic rings. The van der Waals surface area contributed by atoms with Crippen molar-refractivity contribution in [3.8, 4) is 0 Å². The Hall–Kier alpha value is -4.89. The number of nitrogens with zero attached hydrogens (tertiary/aromatic N) is 2. The summed E-state index contributed by atoms with van der Waals surface area (Å²) in [6.45, 7) is 7.97. The number of carbonyl (C=O) groups excluding carboxylic acids is 4. The van der Waals surface area contributed by atoms with Gasteiger partial charge in [0.25, 0.3) is 0 Å². The van der Waals surface area contributed by atoms with Crippen LogP contribution in [0.5, 0.6) is 0 Å². The van der Waals surface area contributed by atoms with Crippen LogP contribution in [0.15, 0.2) is 83.7 Å². The smallest absolute Gasteiger partial charge is 0.408 e. The maximum absolute atomic E-state index is 14.2. The molecule has 1 aromatic heterocycles. The summed E-state index contributed by atoms with van der Waals surface area (Å²) in [5.74, 6) is -1.39. The number of benzene rings is 3. The summed E-state index contributed by atoms with van der Waals surface area (Å²) in [5, 5.41) is 26.4. The van der Waals surface area contributed by atoms with E-state index in [1.54, 1.807) is 10.9 Å². The maximum atomic E-state index is 14.2. The molecule has 5 N–H and O–H groups in total. The maximum Gasteiger partial charge on any atom is 0.408 e. The zero-order valence-electron chi connectivity index (χ0n) is 31.4. The van der Waals surface area contributed by atoms with Gasteiger partial charge in [0.15, 0.2) is 0 Å². The second-order valence-electron chi connectivity index (χ2n) is 14.2. The number of thiazole rings is 1. The van der Waals surface area contributed by atoms with Gasteiger partial charge in [-0.2, -0.15) is 0 Å². The summed E-state index contributed by atoms with van der Waals surface area (Å²) >= 11 is 1.36. The Morgan fingerprint density at radius 3 is 2.35 bits per heavy atom. The van der Waals surface area contributed by atoms with Crippen LogP contribution in [0.4, 0.5) is 4.79 Å². The number of hydrogen-bond acceptors (Lipinski definition) is 10. The first-order valence-electron chi connectivity index (χ1n) is 18.8. The lowest BCUT2D eigenvalue weighted by Crippen LogP contribution is -2.57. The molecule has 55 heavy (non-hydrogen) atoms. The highest BCUT2D eigenvalue weighted by Crippen LogP contribution is 2.20. The normalized spacial score (nSPS) is 15.4. The third-order valence-corrected chi connectivity index (χ3v) is 10.1. The van der Waals surface area contributed by atoms with Crippen molar-refractivity contribution in [3.05, 3.63) is 101 Å². The molecule has 0 bridgehead atoms. The molecule has 4 amide bonds. The highest BCUT2D eigenvalue weighted by Gasteiger charge is 2.32. The number of aliphatic hydroxyl groups excluding tert-OH is 1. The van der Waals surface area contributed by atoms with Gasteiger partial charge >= 0.3 is 6.09 Å². The molecular weight excluding hydrogens is 721 g/mol. The van der Waals surface area contributed by atoms with Crippen molar-refractivity contribution in [2.45, 2.75) is 70.4 Å². The van der Waals surface area contributed by atoms with Crippen LogP contribution in [-0.4, -0.2) is 102 Å². The number of aliphatic hydroxyl groups is 1. The minimum atomic E-state index is -1.18. The summed E-state index contributed by atoms with van der Waals surface area (Å²) in [6.07, 6.45) is -1.59. The first-order chi connectivity index (χ1) is 26.6. The zero-order valence-corrected chi connectivity index (χ0v) is 32.3. The van der Waals surface area contributed by atoms with Gasteiger partial charge in [-0.15, -0.1) is 11.3 Å². The first kappa shape index (κ1) is 41.3. The van der Waals surface area contributed by atoms with E-state index in [4.69, 9.17) is 9.47 Å². The molecule has 1 aliphatic heterocycles. The highest BCUT2D eigenvalue weighted by molar-refractivity contribution is 7.07. The summed E-state index contributed by atoms with van der Waals surface area (Å²) in [6, 6.07) is 19.7. The van der Waals surface area contributed by atoms with Gasteiger partial charge in [-0.05, 0) is 34.2 Å². The Morgan fingerprint density at radius 2 is 1.60 bits per heavy atom. The van der Waals surface area contributed by atoms with E-state index in [9.17, 15) is 24.3 Å². The molecule has 1 fully saturated rings. The molecule has 4 atom stereocenters. The standard InChI is InChI=1S/C41H52N6O7S/c1-28(2)21-34(37(48)24-38(49)42-15-16-47-17-19-53-20-18-47)44-40(51)36(23-32-26-55-27-43-32)45-39(50)35(46-41(52)54-25-29-9-4-3-5-10-29)22-31-13-8-12-30-11-6-7-14-33(30)31/h3-14,26-28,34-37,48H,15-25H2,1-2H3,(H,42,49)(H,44,51)(H,45,50)(H,46,52)/t34?,35-,36-,37?/m0/s1. The van der Waals surface area contributed by atoms with Crippen molar-refractivity contribution in [2.24, 2.45) is 5.92 Å². The molecule has 0 radical (unpaired) electrons. The van der Waals surface area contributed by atoms with Crippen LogP contribution in [0.3, 0.4) is 0 Å². The number of aromatic nitrogens is 1. The quantitative estimate of drug-likeness (QED) is 0.0956. The lowest BCUT2D eigenvalue weighted by Gasteiger charge is -2.29. The molecule has 14 heteroatoms. The van der Waals surface area contributed by atoms with Gasteiger partial charge in [-0.25, -0.2) is 9.78 Å². The lowest BCUT2D eigenvalue weighted by molar-refractivity contribution is -0.131. The van der Waals surface area contributed by atoms with E-state index in [0.29, 0.717) is 38.4 Å². The Bertz CT molecular complexity index is 1810. The van der Waals surface area contributed by atoms with Crippen LogP contribution < -0.4 is 21.3 Å². The van der Waals surface area contributed by atoms with Crippen molar-refractivity contribution in [1.82, 2.24) is 31.2 Å². The highest BCUT2D eigenvalue weighted by atomic mass is 32.1. The molecule has 0 saturated carbocycles. The fourth-order valence-electron chi connectivity index (χ4n) is 6.52. The summed E-state index contributed by atoms with van der Waals surface area (Å²) in [7, 11) is 0. The van der Waals surface area contributed by atoms with Crippen LogP contribution in [0.1, 0.15) is 43.5 Å². The van der Waals surface area contributed by atoms with Crippen molar-refractivity contribution >= 4 is 45.9 Å². The molecule has 0 aliphatic carbocycles. The van der Waals surface area contributed by atoms with Crippen LogP contribution in [0.25, 0.3) is 10.8 Å². The number of fused-ring (bicyclic) bond motifs is 1. The van der Waals surface area contributed by atoms with E-state index in [-0.39, 0.29) is 37.7 Å². The molecule has 294 valence electrons. The topological polar surface area (TPSA) is 171 Å². The molecule has 5 rings (SSSR count). The number of rotatable bonds is 19. The van der Waals surface area contributed by atoms with Crippen molar-refractivity contribution in [1.29, 1.82) is 0 Å². The largest absolute Gasteiger partial charge is 0.445 e. The average molecular weight is 773 g/mol. The average Bonchev–Trinajstić information content (AvgIpc) is 3.70. The van der Waals surface area contributed by atoms with Crippen molar-refractivity contribution < 1.29 is 33.8 Å². The first-order valence-corrected chi connectivity index (χ1v) is 19.8. The van der Waals surface area contributed by atoms with E-state index in [2.05, 4.69) is 31.2 Å². The predicted octanol–water partition coefficient (Wildman–Crippen LogP) is 3.59. The minimum Gasteiger partial charge on any atom is -0.445 e. The number of hydrogen-bond donors (Lipinski definition) is 5. The third kappa shape index (κ3) is 13.4. The fourth-order valence-corrected chi connectivity index (χ4v) is 7.09. The number of ether oxygens (including phenoxy) is 2. The SMILES string of the molecule is CC(C)CC(NC(=O)[C@H](Cc1cscn1)NC(=O)[C@H](Cc1cccc2ccccc12)NC(=O)OCc1ccccc1)C(O)CC(=O)NCCN1CCOCC1. The summed E-state index contributed by atoms with van der Waals surface area (Å²) < 4.78 is 10.9. The van der Waals surface area contributed by atoms with Gasteiger partial charge in [0.2, 0.25) is 17.7 Å². The molecular formula is C41H52N6O7S. The number of carbonyl (C=O) groups is 4. The van der Waals surface area contributed by atoms with Gasteiger partial charge in [-0.1, -0.05) is 86.6 Å². The monoisotopic (exact) mass is 772 g/mol. The summed E-state index contributed by atoms with van der Waals surface area (Å²) in [4.78, 5) is 60.8. The predicted molar refractivity (Wildman–Crippen MR) is 211 cm³/mol. The molecule has 13 nitrogen and oxygen atoms in total. The molecule has 2 heterocycles. The Balaban J connectivity index is 1.29. The second kappa shape index (κ2) is 21.3. The Labute approximate surface area is 326 Å². The molecule has 3 aromatic carbocycles. The van der Waals surface area contributed by atoms with Crippen LogP contribution in [0.2, 0.25) is 0 Å². The van der Waals surface area contributed by atoms with Crippen LogP contribution in [0, 0.1) is 5.92 Å². The van der Waals surface area contributed by atoms with E-state index >= 15 is 0 Å². The van der Waals surface area contributed by atoms with E-state index in [1.165, 1.54) is 11.3 Å². The van der Waals surface area contributed by atoms with Gasteiger partial charge in [0.1, 0.15) is 18.7 Å². The fraction of sp³-hybridized carbons (Fsp3) is 0.439. The number of alkyl carbamates (subject to hydrolysis) is 1. The second-order valence-corrected chi connectivity index (χ2v) is 14.9. The number of nitrogens with one attached hydrogen (secondary N) is 4. The van der Waals surface area contributed by atoms with Crippen LogP contribution >= 0.6 is 11.3 Å². The van der Waals surface area contributed by atoms with Gasteiger partial charge in [0, 0.05) is 44.4 Å². The van der Waals surface area contributed by atoms with Crippen molar-refractivity contribution in [2.75, 3.05) is 39.4 Å².